The number of benzene rings is 2. The van der Waals surface area contributed by atoms with E-state index in [-0.39, 0.29) is 12.5 Å². The summed E-state index contributed by atoms with van der Waals surface area (Å²) >= 11 is 5.83. The number of hydrazone groups is 1. The number of methoxy groups -OCH3 is 1. The number of hydrogen-bond donors (Lipinski definition) is 1. The lowest BCUT2D eigenvalue weighted by Gasteiger charge is -2.17. The van der Waals surface area contributed by atoms with E-state index in [0.717, 1.165) is 42.2 Å². The van der Waals surface area contributed by atoms with Crippen LogP contribution in [0.1, 0.15) is 30.9 Å². The molecule has 0 unspecified atom stereocenters. The van der Waals surface area contributed by atoms with Crippen molar-refractivity contribution in [2.75, 3.05) is 26.8 Å². The molecule has 0 aliphatic carbocycles. The predicted octanol–water partition coefficient (Wildman–Crippen LogP) is 3.86. The average Bonchev–Trinajstić information content (AvgIpc) is 3.24. The lowest BCUT2D eigenvalue weighted by atomic mass is 10.1. The highest BCUT2D eigenvalue weighted by Crippen LogP contribution is 2.24. The van der Waals surface area contributed by atoms with Crippen LogP contribution in [0.3, 0.4) is 0 Å². The molecule has 1 saturated heterocycles. The molecule has 7 heteroatoms. The van der Waals surface area contributed by atoms with Gasteiger partial charge in [0.25, 0.3) is 5.91 Å². The lowest BCUT2D eigenvalue weighted by molar-refractivity contribution is -0.123. The Morgan fingerprint density at radius 2 is 1.90 bits per heavy atom. The van der Waals surface area contributed by atoms with Gasteiger partial charge in [-0.15, -0.1) is 0 Å². The second-order valence-corrected chi connectivity index (χ2v) is 7.42. The third-order valence-corrected chi connectivity index (χ3v) is 5.07. The van der Waals surface area contributed by atoms with Crippen molar-refractivity contribution < 1.29 is 14.3 Å². The van der Waals surface area contributed by atoms with Crippen molar-refractivity contribution in [3.05, 3.63) is 58.6 Å². The van der Waals surface area contributed by atoms with Crippen molar-refractivity contribution in [3.8, 4) is 11.5 Å². The van der Waals surface area contributed by atoms with Crippen LogP contribution in [0.25, 0.3) is 0 Å². The fraction of sp³-hybridized carbons (Fsp3) is 0.364. The fourth-order valence-electron chi connectivity index (χ4n) is 3.23. The van der Waals surface area contributed by atoms with Crippen molar-refractivity contribution in [2.45, 2.75) is 26.3 Å². The first-order chi connectivity index (χ1) is 14.0. The zero-order chi connectivity index (χ0) is 20.6. The molecule has 6 nitrogen and oxygen atoms in total. The first kappa shape index (κ1) is 21.1. The van der Waals surface area contributed by atoms with E-state index in [4.69, 9.17) is 21.1 Å². The van der Waals surface area contributed by atoms with E-state index in [2.05, 4.69) is 21.5 Å². The number of nitrogens with zero attached hydrogens (tertiary/aromatic N) is 2. The molecule has 1 amide bonds. The van der Waals surface area contributed by atoms with Gasteiger partial charge in [-0.25, -0.2) is 5.43 Å². The largest absolute Gasteiger partial charge is 0.496 e. The molecule has 154 valence electrons. The first-order valence-corrected chi connectivity index (χ1v) is 10.0. The highest BCUT2D eigenvalue weighted by molar-refractivity contribution is 6.30. The summed E-state index contributed by atoms with van der Waals surface area (Å²) in [6.07, 6.45) is 2.49. The first-order valence-electron chi connectivity index (χ1n) is 9.66. The number of amides is 1. The highest BCUT2D eigenvalue weighted by atomic mass is 35.5. The second kappa shape index (κ2) is 10.3. The van der Waals surface area contributed by atoms with Gasteiger partial charge in [-0.3, -0.25) is 9.69 Å². The molecular formula is C22H26ClN3O3. The molecule has 1 heterocycles. The van der Waals surface area contributed by atoms with Crippen molar-refractivity contribution in [3.63, 3.8) is 0 Å². The van der Waals surface area contributed by atoms with Gasteiger partial charge in [0.15, 0.2) is 6.61 Å². The van der Waals surface area contributed by atoms with E-state index < -0.39 is 0 Å². The number of nitrogens with one attached hydrogen (secondary N) is 1. The maximum absolute atomic E-state index is 12.0. The number of carbonyl (C=O) groups excluding carboxylic acids is 1. The predicted molar refractivity (Wildman–Crippen MR) is 115 cm³/mol. The van der Waals surface area contributed by atoms with Crippen LogP contribution in [0, 0.1) is 0 Å². The molecule has 2 aromatic rings. The van der Waals surface area contributed by atoms with E-state index in [1.165, 1.54) is 12.8 Å². The lowest BCUT2D eigenvalue weighted by Crippen LogP contribution is -2.25. The maximum Gasteiger partial charge on any atom is 0.277 e. The summed E-state index contributed by atoms with van der Waals surface area (Å²) in [7, 11) is 1.68. The molecule has 0 spiro atoms. The van der Waals surface area contributed by atoms with Gasteiger partial charge in [0, 0.05) is 17.1 Å². The van der Waals surface area contributed by atoms with E-state index in [1.54, 1.807) is 31.4 Å². The monoisotopic (exact) mass is 415 g/mol. The molecular weight excluding hydrogens is 390 g/mol. The van der Waals surface area contributed by atoms with E-state index in [1.807, 2.05) is 19.1 Å². The third-order valence-electron chi connectivity index (χ3n) is 4.82. The van der Waals surface area contributed by atoms with Gasteiger partial charge in [0.05, 0.1) is 12.8 Å². The van der Waals surface area contributed by atoms with Gasteiger partial charge >= 0.3 is 0 Å². The van der Waals surface area contributed by atoms with Crippen molar-refractivity contribution in [1.82, 2.24) is 10.3 Å². The van der Waals surface area contributed by atoms with Crippen LogP contribution in [0.15, 0.2) is 47.6 Å². The van der Waals surface area contributed by atoms with E-state index >= 15 is 0 Å². The Kier molecular flexibility index (Phi) is 7.49. The Labute approximate surface area is 176 Å². The highest BCUT2D eigenvalue weighted by Gasteiger charge is 2.15. The maximum atomic E-state index is 12.0. The third kappa shape index (κ3) is 6.21. The standard InChI is InChI=1S/C22H26ClN3O3/c1-16(24-25-22(27)15-29-20-8-6-19(23)7-9-20)17-5-10-21(28-2)18(13-17)14-26-11-3-4-12-26/h5-10,13H,3-4,11-12,14-15H2,1-2H3,(H,25,27)/b24-16-. The van der Waals surface area contributed by atoms with E-state index in [9.17, 15) is 4.79 Å². The minimum absolute atomic E-state index is 0.124. The van der Waals surface area contributed by atoms with Crippen molar-refractivity contribution >= 4 is 23.2 Å². The average molecular weight is 416 g/mol. The number of rotatable bonds is 8. The smallest absolute Gasteiger partial charge is 0.277 e. The van der Waals surface area contributed by atoms with Gasteiger partial charge in [0.1, 0.15) is 11.5 Å². The summed E-state index contributed by atoms with van der Waals surface area (Å²) in [6.45, 7) is 4.82. The molecule has 0 radical (unpaired) electrons. The molecule has 3 rings (SSSR count). The molecule has 0 aromatic heterocycles. The molecule has 1 N–H and O–H groups in total. The van der Waals surface area contributed by atoms with Crippen LogP contribution in [0.2, 0.25) is 5.02 Å². The van der Waals surface area contributed by atoms with Crippen molar-refractivity contribution in [1.29, 1.82) is 0 Å². The molecule has 1 aliphatic heterocycles. The molecule has 0 bridgehead atoms. The molecule has 0 atom stereocenters. The van der Waals surface area contributed by atoms with Crippen LogP contribution in [0.5, 0.6) is 11.5 Å². The van der Waals surface area contributed by atoms with Crippen LogP contribution in [-0.2, 0) is 11.3 Å². The topological polar surface area (TPSA) is 63.2 Å². The Bertz CT molecular complexity index is 862. The van der Waals surface area contributed by atoms with Crippen molar-refractivity contribution in [2.24, 2.45) is 5.10 Å². The van der Waals surface area contributed by atoms with Crippen LogP contribution < -0.4 is 14.9 Å². The van der Waals surface area contributed by atoms with Gasteiger partial charge < -0.3 is 9.47 Å². The Hall–Kier alpha value is -2.57. The number of halogens is 1. The number of hydrogen-bond acceptors (Lipinski definition) is 5. The Morgan fingerprint density at radius 1 is 1.17 bits per heavy atom. The zero-order valence-corrected chi connectivity index (χ0v) is 17.5. The number of carbonyl (C=O) groups is 1. The van der Waals surface area contributed by atoms with Gasteiger partial charge in [0.2, 0.25) is 0 Å². The molecule has 1 fully saturated rings. The summed E-state index contributed by atoms with van der Waals surface area (Å²) in [5.41, 5.74) is 5.33. The second-order valence-electron chi connectivity index (χ2n) is 6.98. The molecule has 0 saturated carbocycles. The minimum atomic E-state index is -0.329. The summed E-state index contributed by atoms with van der Waals surface area (Å²) in [6, 6.07) is 12.8. The molecule has 2 aromatic carbocycles. The molecule has 29 heavy (non-hydrogen) atoms. The number of ether oxygens (including phenoxy) is 2. The Morgan fingerprint density at radius 3 is 2.59 bits per heavy atom. The Balaban J connectivity index is 1.59. The quantitative estimate of drug-likeness (QED) is 0.525. The normalized spacial score (nSPS) is 14.7. The molecule has 1 aliphatic rings. The summed E-state index contributed by atoms with van der Waals surface area (Å²) in [5, 5.41) is 4.83. The fourth-order valence-corrected chi connectivity index (χ4v) is 3.36. The van der Waals surface area contributed by atoms with Gasteiger partial charge in [-0.05, 0) is 80.9 Å². The summed E-state index contributed by atoms with van der Waals surface area (Å²) in [4.78, 5) is 14.4. The zero-order valence-electron chi connectivity index (χ0n) is 16.8. The van der Waals surface area contributed by atoms with Crippen LogP contribution in [-0.4, -0.2) is 43.3 Å². The van der Waals surface area contributed by atoms with Crippen LogP contribution in [0.4, 0.5) is 0 Å². The SMILES string of the molecule is COc1ccc(/C(C)=N\NC(=O)COc2ccc(Cl)cc2)cc1CN1CCCC1. The van der Waals surface area contributed by atoms with E-state index in [0.29, 0.717) is 10.8 Å². The minimum Gasteiger partial charge on any atom is -0.496 e. The summed E-state index contributed by atoms with van der Waals surface area (Å²) in [5.74, 6) is 1.12. The summed E-state index contributed by atoms with van der Waals surface area (Å²) < 4.78 is 10.9. The van der Waals surface area contributed by atoms with Gasteiger partial charge in [-0.2, -0.15) is 5.10 Å². The van der Waals surface area contributed by atoms with Gasteiger partial charge in [-0.1, -0.05) is 11.6 Å². The number of likely N-dealkylation sites (tertiary alicyclic amines) is 1. The van der Waals surface area contributed by atoms with Crippen LogP contribution >= 0.6 is 11.6 Å².